The monoisotopic (exact) mass is 352 g/mol. The first-order valence-corrected chi connectivity index (χ1v) is 7.28. The van der Waals surface area contributed by atoms with Gasteiger partial charge in [0.2, 0.25) is 5.91 Å². The van der Waals surface area contributed by atoms with Crippen molar-refractivity contribution in [2.75, 3.05) is 13.1 Å². The maximum atomic E-state index is 12.3. The SMILES string of the molecule is Cl.O=C(CCc1ccccc1OC(F)(F)F)N[C@H]1CCCNC1. The smallest absolute Gasteiger partial charge is 0.406 e. The van der Waals surface area contributed by atoms with Crippen LogP contribution in [0.4, 0.5) is 13.2 Å². The molecule has 1 atom stereocenters. The Morgan fingerprint density at radius 1 is 1.35 bits per heavy atom. The highest BCUT2D eigenvalue weighted by atomic mass is 35.5. The molecule has 1 aromatic rings. The van der Waals surface area contributed by atoms with E-state index in [1.165, 1.54) is 18.2 Å². The summed E-state index contributed by atoms with van der Waals surface area (Å²) in [5.41, 5.74) is 0.372. The van der Waals surface area contributed by atoms with E-state index in [1.54, 1.807) is 6.07 Å². The van der Waals surface area contributed by atoms with Gasteiger partial charge in [0.15, 0.2) is 0 Å². The molecule has 0 unspecified atom stereocenters. The second kappa shape index (κ2) is 8.98. The van der Waals surface area contributed by atoms with Crippen molar-refractivity contribution in [1.29, 1.82) is 0 Å². The Balaban J connectivity index is 0.00000264. The van der Waals surface area contributed by atoms with Gasteiger partial charge in [-0.1, -0.05) is 18.2 Å². The fraction of sp³-hybridized carbons (Fsp3) is 0.533. The molecule has 0 aromatic heterocycles. The van der Waals surface area contributed by atoms with Crippen molar-refractivity contribution in [1.82, 2.24) is 10.6 Å². The third kappa shape index (κ3) is 7.09. The predicted molar refractivity (Wildman–Crippen MR) is 82.7 cm³/mol. The molecule has 0 aliphatic carbocycles. The molecule has 1 amide bonds. The van der Waals surface area contributed by atoms with E-state index in [0.717, 1.165) is 25.9 Å². The average Bonchev–Trinajstić information content (AvgIpc) is 2.46. The van der Waals surface area contributed by atoms with Gasteiger partial charge in [-0.15, -0.1) is 25.6 Å². The lowest BCUT2D eigenvalue weighted by atomic mass is 10.1. The Kier molecular flexibility index (Phi) is 7.64. The van der Waals surface area contributed by atoms with E-state index < -0.39 is 6.36 Å². The number of aryl methyl sites for hydroxylation is 1. The molecule has 1 aliphatic rings. The molecule has 8 heteroatoms. The molecule has 0 saturated carbocycles. The van der Waals surface area contributed by atoms with Crippen LogP contribution in [0.2, 0.25) is 0 Å². The molecule has 1 heterocycles. The second-order valence-electron chi connectivity index (χ2n) is 5.27. The predicted octanol–water partition coefficient (Wildman–Crippen LogP) is 2.81. The van der Waals surface area contributed by atoms with Crippen LogP contribution >= 0.6 is 12.4 Å². The summed E-state index contributed by atoms with van der Waals surface area (Å²) in [5.74, 6) is -0.405. The van der Waals surface area contributed by atoms with E-state index in [2.05, 4.69) is 15.4 Å². The number of carbonyl (C=O) groups excluding carboxylic acids is 1. The Labute approximate surface area is 139 Å². The Morgan fingerprint density at radius 3 is 2.74 bits per heavy atom. The van der Waals surface area contributed by atoms with E-state index in [4.69, 9.17) is 0 Å². The fourth-order valence-corrected chi connectivity index (χ4v) is 2.46. The third-order valence-corrected chi connectivity index (χ3v) is 3.48. The first kappa shape index (κ1) is 19.6. The van der Waals surface area contributed by atoms with Crippen LogP contribution in [0.3, 0.4) is 0 Å². The first-order chi connectivity index (χ1) is 10.4. The first-order valence-electron chi connectivity index (χ1n) is 7.28. The van der Waals surface area contributed by atoms with Gasteiger partial charge in [-0.25, -0.2) is 0 Å². The molecule has 2 rings (SSSR count). The quantitative estimate of drug-likeness (QED) is 0.856. The average molecular weight is 353 g/mol. The van der Waals surface area contributed by atoms with Gasteiger partial charge in [-0.3, -0.25) is 4.79 Å². The molecule has 2 N–H and O–H groups in total. The molecule has 23 heavy (non-hydrogen) atoms. The number of halogens is 4. The minimum atomic E-state index is -4.73. The number of hydrogen-bond acceptors (Lipinski definition) is 3. The number of para-hydroxylation sites is 1. The molecule has 130 valence electrons. The lowest BCUT2D eigenvalue weighted by Gasteiger charge is -2.23. The summed E-state index contributed by atoms with van der Waals surface area (Å²) in [6.45, 7) is 1.69. The van der Waals surface area contributed by atoms with Crippen LogP contribution in [0.5, 0.6) is 5.75 Å². The number of ether oxygens (including phenoxy) is 1. The maximum Gasteiger partial charge on any atom is 0.573 e. The van der Waals surface area contributed by atoms with E-state index in [0.29, 0.717) is 5.56 Å². The molecule has 4 nitrogen and oxygen atoms in total. The third-order valence-electron chi connectivity index (χ3n) is 3.48. The zero-order valence-electron chi connectivity index (χ0n) is 12.5. The highest BCUT2D eigenvalue weighted by Gasteiger charge is 2.32. The van der Waals surface area contributed by atoms with E-state index in [-0.39, 0.29) is 42.9 Å². The molecular weight excluding hydrogens is 333 g/mol. The normalized spacial score (nSPS) is 18.0. The molecule has 0 spiro atoms. The van der Waals surface area contributed by atoms with Crippen LogP contribution in [0, 0.1) is 0 Å². The van der Waals surface area contributed by atoms with E-state index >= 15 is 0 Å². The Hall–Kier alpha value is -1.47. The summed E-state index contributed by atoms with van der Waals surface area (Å²) < 4.78 is 40.9. The van der Waals surface area contributed by atoms with Crippen LogP contribution in [-0.2, 0) is 11.2 Å². The number of amides is 1. The van der Waals surface area contributed by atoms with Crippen LogP contribution in [0.25, 0.3) is 0 Å². The second-order valence-corrected chi connectivity index (χ2v) is 5.27. The summed E-state index contributed by atoms with van der Waals surface area (Å²) in [4.78, 5) is 11.9. The lowest BCUT2D eigenvalue weighted by Crippen LogP contribution is -2.45. The van der Waals surface area contributed by atoms with Crippen molar-refractivity contribution in [2.24, 2.45) is 0 Å². The number of alkyl halides is 3. The topological polar surface area (TPSA) is 50.4 Å². The lowest BCUT2D eigenvalue weighted by molar-refractivity contribution is -0.274. The van der Waals surface area contributed by atoms with Gasteiger partial charge in [0.1, 0.15) is 5.75 Å². The number of piperidine rings is 1. The van der Waals surface area contributed by atoms with Gasteiger partial charge in [-0.2, -0.15) is 0 Å². The molecule has 0 bridgehead atoms. The van der Waals surface area contributed by atoms with Gasteiger partial charge in [-0.05, 0) is 37.4 Å². The zero-order chi connectivity index (χ0) is 16.0. The van der Waals surface area contributed by atoms with Gasteiger partial charge in [0.05, 0.1) is 0 Å². The van der Waals surface area contributed by atoms with Crippen LogP contribution in [0.15, 0.2) is 24.3 Å². The van der Waals surface area contributed by atoms with Crippen molar-refractivity contribution in [3.63, 3.8) is 0 Å². The van der Waals surface area contributed by atoms with Crippen molar-refractivity contribution in [2.45, 2.75) is 38.1 Å². The standard InChI is InChI=1S/C15H19F3N2O2.ClH/c16-15(17,18)22-13-6-2-1-4-11(13)7-8-14(21)20-12-5-3-9-19-10-12;/h1-2,4,6,12,19H,3,5,7-10H2,(H,20,21);1H/t12-;/m0./s1. The molecule has 1 aromatic carbocycles. The molecule has 1 saturated heterocycles. The molecule has 1 fully saturated rings. The number of nitrogens with one attached hydrogen (secondary N) is 2. The maximum absolute atomic E-state index is 12.3. The number of benzene rings is 1. The van der Waals surface area contributed by atoms with Gasteiger partial charge in [0, 0.05) is 19.0 Å². The van der Waals surface area contributed by atoms with Crippen molar-refractivity contribution in [3.05, 3.63) is 29.8 Å². The van der Waals surface area contributed by atoms with Crippen LogP contribution in [-0.4, -0.2) is 31.4 Å². The summed E-state index contributed by atoms with van der Waals surface area (Å²) >= 11 is 0. The largest absolute Gasteiger partial charge is 0.573 e. The summed E-state index contributed by atoms with van der Waals surface area (Å²) in [6, 6.07) is 5.99. The number of rotatable bonds is 5. The number of hydrogen-bond donors (Lipinski definition) is 2. The summed E-state index contributed by atoms with van der Waals surface area (Å²) in [7, 11) is 0. The highest BCUT2D eigenvalue weighted by Crippen LogP contribution is 2.26. The van der Waals surface area contributed by atoms with Gasteiger partial charge >= 0.3 is 6.36 Å². The minimum Gasteiger partial charge on any atom is -0.406 e. The van der Waals surface area contributed by atoms with Crippen molar-refractivity contribution >= 4 is 18.3 Å². The Morgan fingerprint density at radius 2 is 2.09 bits per heavy atom. The zero-order valence-corrected chi connectivity index (χ0v) is 13.3. The van der Waals surface area contributed by atoms with E-state index in [1.807, 2.05) is 0 Å². The van der Waals surface area contributed by atoms with Gasteiger partial charge in [0.25, 0.3) is 0 Å². The summed E-state index contributed by atoms with van der Waals surface area (Å²) in [6.07, 6.45) is -2.46. The highest BCUT2D eigenvalue weighted by molar-refractivity contribution is 5.85. The molecule has 0 radical (unpaired) electrons. The fourth-order valence-electron chi connectivity index (χ4n) is 2.46. The molecular formula is C15H20ClF3N2O2. The van der Waals surface area contributed by atoms with Crippen molar-refractivity contribution in [3.8, 4) is 5.75 Å². The number of carbonyl (C=O) groups is 1. The van der Waals surface area contributed by atoms with Crippen molar-refractivity contribution < 1.29 is 22.7 Å². The summed E-state index contributed by atoms with van der Waals surface area (Å²) in [5, 5.41) is 6.08. The Bertz CT molecular complexity index is 506. The molecule has 1 aliphatic heterocycles. The van der Waals surface area contributed by atoms with Crippen LogP contribution < -0.4 is 15.4 Å². The minimum absolute atomic E-state index is 0. The van der Waals surface area contributed by atoms with E-state index in [9.17, 15) is 18.0 Å². The van der Waals surface area contributed by atoms with Crippen LogP contribution in [0.1, 0.15) is 24.8 Å². The van der Waals surface area contributed by atoms with Gasteiger partial charge < -0.3 is 15.4 Å².